The van der Waals surface area contributed by atoms with Crippen molar-refractivity contribution in [1.29, 1.82) is 0 Å². The van der Waals surface area contributed by atoms with E-state index in [0.29, 0.717) is 6.42 Å². The summed E-state index contributed by atoms with van der Waals surface area (Å²) in [5.74, 6) is 0.396. The number of ketones is 1. The Bertz CT molecular complexity index is 326. The van der Waals surface area contributed by atoms with Crippen molar-refractivity contribution in [3.05, 3.63) is 18.0 Å². The summed E-state index contributed by atoms with van der Waals surface area (Å²) >= 11 is 0. The standard InChI is InChI=1S/C11H18N2O/c1-8(2)11(14)5-9-6-13(4)7-10(9)12-3/h6-8,12H,5H2,1-4H3. The summed E-state index contributed by atoms with van der Waals surface area (Å²) in [6, 6.07) is 0. The fourth-order valence-corrected chi connectivity index (χ4v) is 1.40. The summed E-state index contributed by atoms with van der Waals surface area (Å²) in [5.41, 5.74) is 2.12. The number of anilines is 1. The third-order valence-corrected chi connectivity index (χ3v) is 2.32. The van der Waals surface area contributed by atoms with Gasteiger partial charge in [0.1, 0.15) is 5.78 Å². The lowest BCUT2D eigenvalue weighted by molar-refractivity contribution is -0.121. The molecule has 0 radical (unpaired) electrons. The van der Waals surface area contributed by atoms with Crippen LogP contribution in [0.5, 0.6) is 0 Å². The van der Waals surface area contributed by atoms with Crippen molar-refractivity contribution < 1.29 is 4.79 Å². The lowest BCUT2D eigenvalue weighted by atomic mass is 10.0. The molecule has 14 heavy (non-hydrogen) atoms. The molecule has 1 rings (SSSR count). The number of hydrogen-bond acceptors (Lipinski definition) is 2. The third kappa shape index (κ3) is 2.37. The van der Waals surface area contributed by atoms with Crippen LogP contribution in [0.15, 0.2) is 12.4 Å². The van der Waals surface area contributed by atoms with Crippen molar-refractivity contribution in [3.63, 3.8) is 0 Å². The molecule has 0 aliphatic heterocycles. The van der Waals surface area contributed by atoms with Gasteiger partial charge in [-0.05, 0) is 0 Å². The van der Waals surface area contributed by atoms with Gasteiger partial charge in [0.15, 0.2) is 0 Å². The SMILES string of the molecule is CNc1cn(C)cc1CC(=O)C(C)C. The summed E-state index contributed by atoms with van der Waals surface area (Å²) < 4.78 is 1.97. The summed E-state index contributed by atoms with van der Waals surface area (Å²) in [6.07, 6.45) is 4.50. The van der Waals surface area contributed by atoms with Gasteiger partial charge < -0.3 is 9.88 Å². The molecule has 1 heterocycles. The second-order valence-electron chi connectivity index (χ2n) is 3.91. The van der Waals surface area contributed by atoms with Crippen LogP contribution < -0.4 is 5.32 Å². The molecule has 1 N–H and O–H groups in total. The number of Topliss-reactive ketones (excluding diaryl/α,β-unsaturated/α-hetero) is 1. The molecule has 0 amide bonds. The number of hydrogen-bond donors (Lipinski definition) is 1. The molecule has 3 nitrogen and oxygen atoms in total. The molecule has 0 fully saturated rings. The Morgan fingerprint density at radius 2 is 2.14 bits per heavy atom. The van der Waals surface area contributed by atoms with Gasteiger partial charge in [0, 0.05) is 44.4 Å². The zero-order chi connectivity index (χ0) is 10.7. The second kappa shape index (κ2) is 4.31. The molecule has 0 spiro atoms. The maximum absolute atomic E-state index is 11.6. The largest absolute Gasteiger partial charge is 0.387 e. The number of carbonyl (C=O) groups excluding carboxylic acids is 1. The summed E-state index contributed by atoms with van der Waals surface area (Å²) in [5, 5.41) is 3.09. The highest BCUT2D eigenvalue weighted by molar-refractivity contribution is 5.84. The summed E-state index contributed by atoms with van der Waals surface area (Å²) in [4.78, 5) is 11.6. The highest BCUT2D eigenvalue weighted by Gasteiger charge is 2.12. The van der Waals surface area contributed by atoms with Gasteiger partial charge in [-0.2, -0.15) is 0 Å². The van der Waals surface area contributed by atoms with Gasteiger partial charge >= 0.3 is 0 Å². The average Bonchev–Trinajstić information content (AvgIpc) is 2.45. The Morgan fingerprint density at radius 1 is 1.50 bits per heavy atom. The second-order valence-corrected chi connectivity index (χ2v) is 3.91. The van der Waals surface area contributed by atoms with Crippen molar-refractivity contribution in [2.75, 3.05) is 12.4 Å². The summed E-state index contributed by atoms with van der Waals surface area (Å²) in [7, 11) is 3.84. The molecular weight excluding hydrogens is 176 g/mol. The predicted octanol–water partition coefficient (Wildman–Crippen LogP) is 1.83. The Balaban J connectivity index is 2.80. The number of rotatable bonds is 4. The van der Waals surface area contributed by atoms with Crippen LogP contribution in [0, 0.1) is 5.92 Å². The van der Waals surface area contributed by atoms with Crippen LogP contribution in [-0.4, -0.2) is 17.4 Å². The highest BCUT2D eigenvalue weighted by atomic mass is 16.1. The van der Waals surface area contributed by atoms with E-state index in [1.54, 1.807) is 0 Å². The maximum atomic E-state index is 11.6. The average molecular weight is 194 g/mol. The normalized spacial score (nSPS) is 10.6. The molecule has 0 aromatic carbocycles. The first-order chi connectivity index (χ1) is 6.54. The van der Waals surface area contributed by atoms with Gasteiger partial charge in [0.05, 0.1) is 5.69 Å². The van der Waals surface area contributed by atoms with Crippen LogP contribution in [0.1, 0.15) is 19.4 Å². The van der Waals surface area contributed by atoms with Crippen molar-refractivity contribution in [2.45, 2.75) is 20.3 Å². The Morgan fingerprint density at radius 3 is 2.64 bits per heavy atom. The van der Waals surface area contributed by atoms with Crippen LogP contribution in [0.3, 0.4) is 0 Å². The van der Waals surface area contributed by atoms with Crippen molar-refractivity contribution in [3.8, 4) is 0 Å². The van der Waals surface area contributed by atoms with E-state index in [1.165, 1.54) is 0 Å². The van der Waals surface area contributed by atoms with Gasteiger partial charge in [-0.1, -0.05) is 13.8 Å². The molecule has 0 unspecified atom stereocenters. The molecule has 0 atom stereocenters. The van der Waals surface area contributed by atoms with E-state index in [1.807, 2.05) is 44.9 Å². The van der Waals surface area contributed by atoms with Crippen molar-refractivity contribution in [2.24, 2.45) is 13.0 Å². The van der Waals surface area contributed by atoms with Crippen LogP contribution in [0.25, 0.3) is 0 Å². The first-order valence-electron chi connectivity index (χ1n) is 4.90. The monoisotopic (exact) mass is 194 g/mol. The number of aromatic nitrogens is 1. The van der Waals surface area contributed by atoms with E-state index in [4.69, 9.17) is 0 Å². The van der Waals surface area contributed by atoms with Gasteiger partial charge in [-0.15, -0.1) is 0 Å². The van der Waals surface area contributed by atoms with Crippen LogP contribution in [-0.2, 0) is 18.3 Å². The Kier molecular flexibility index (Phi) is 3.33. The fourth-order valence-electron chi connectivity index (χ4n) is 1.40. The van der Waals surface area contributed by atoms with Gasteiger partial charge in [-0.3, -0.25) is 4.79 Å². The van der Waals surface area contributed by atoms with E-state index in [2.05, 4.69) is 5.32 Å². The number of aryl methyl sites for hydroxylation is 1. The molecule has 1 aromatic heterocycles. The molecule has 0 saturated heterocycles. The zero-order valence-electron chi connectivity index (χ0n) is 9.29. The third-order valence-electron chi connectivity index (χ3n) is 2.32. The smallest absolute Gasteiger partial charge is 0.139 e. The molecule has 0 bridgehead atoms. The first-order valence-corrected chi connectivity index (χ1v) is 4.90. The van der Waals surface area contributed by atoms with Gasteiger partial charge in [0.25, 0.3) is 0 Å². The van der Waals surface area contributed by atoms with Gasteiger partial charge in [-0.25, -0.2) is 0 Å². The van der Waals surface area contributed by atoms with E-state index in [-0.39, 0.29) is 11.7 Å². The van der Waals surface area contributed by atoms with Crippen molar-refractivity contribution >= 4 is 11.5 Å². The lowest BCUT2D eigenvalue weighted by Crippen LogP contribution is -2.10. The van der Waals surface area contributed by atoms with Crippen molar-refractivity contribution in [1.82, 2.24) is 4.57 Å². The van der Waals surface area contributed by atoms with E-state index in [9.17, 15) is 4.79 Å². The van der Waals surface area contributed by atoms with E-state index >= 15 is 0 Å². The Labute approximate surface area is 85.1 Å². The van der Waals surface area contributed by atoms with E-state index in [0.717, 1.165) is 11.3 Å². The minimum absolute atomic E-state index is 0.111. The minimum atomic E-state index is 0.111. The minimum Gasteiger partial charge on any atom is -0.387 e. The predicted molar refractivity (Wildman–Crippen MR) is 58.5 cm³/mol. The number of nitrogens with zero attached hydrogens (tertiary/aromatic N) is 1. The first kappa shape index (κ1) is 10.8. The number of nitrogens with one attached hydrogen (secondary N) is 1. The maximum Gasteiger partial charge on any atom is 0.139 e. The van der Waals surface area contributed by atoms with Crippen LogP contribution in [0.2, 0.25) is 0 Å². The fraction of sp³-hybridized carbons (Fsp3) is 0.545. The highest BCUT2D eigenvalue weighted by Crippen LogP contribution is 2.17. The number of carbonyl (C=O) groups is 1. The summed E-state index contributed by atoms with van der Waals surface area (Å²) in [6.45, 7) is 3.87. The lowest BCUT2D eigenvalue weighted by Gasteiger charge is -2.04. The molecular formula is C11H18N2O. The molecule has 0 aliphatic rings. The molecule has 0 saturated carbocycles. The Hall–Kier alpha value is -1.25. The molecule has 1 aromatic rings. The molecule has 3 heteroatoms. The quantitative estimate of drug-likeness (QED) is 0.793. The van der Waals surface area contributed by atoms with Crippen LogP contribution in [0.4, 0.5) is 5.69 Å². The molecule has 0 aliphatic carbocycles. The molecule has 78 valence electrons. The zero-order valence-corrected chi connectivity index (χ0v) is 9.29. The topological polar surface area (TPSA) is 34.0 Å². The van der Waals surface area contributed by atoms with Crippen LogP contribution >= 0.6 is 0 Å². The van der Waals surface area contributed by atoms with E-state index < -0.39 is 0 Å². The van der Waals surface area contributed by atoms with Gasteiger partial charge in [0.2, 0.25) is 0 Å².